The van der Waals surface area contributed by atoms with Crippen molar-refractivity contribution in [2.45, 2.75) is 45.1 Å². The molecule has 0 unspecified atom stereocenters. The lowest BCUT2D eigenvalue weighted by molar-refractivity contribution is 0.333. The minimum Gasteiger partial charge on any atom is -0.319 e. The van der Waals surface area contributed by atoms with Gasteiger partial charge in [-0.15, -0.1) is 0 Å². The first-order valence-electron chi connectivity index (χ1n) is 12.8. The number of imidazole rings is 1. The third-order valence-electron chi connectivity index (χ3n) is 6.70. The Morgan fingerprint density at radius 1 is 0.706 bits per heavy atom. The lowest BCUT2D eigenvalue weighted by Crippen LogP contribution is -2.36. The second kappa shape index (κ2) is 11.8. The van der Waals surface area contributed by atoms with Gasteiger partial charge in [-0.2, -0.15) is 0 Å². The fraction of sp³-hybridized carbons (Fsp3) is 0.323. The summed E-state index contributed by atoms with van der Waals surface area (Å²) in [5, 5.41) is 0. The molecular weight excluding hydrogens is 414 g/mol. The molecule has 176 valence electrons. The minimum atomic E-state index is -0.468. The SMILES string of the molecule is CC.c1ccc(C(c2ccccc2)(c2ccccc2)n2cnc(CCCN3CCCC3)c2)cc1. The monoisotopic (exact) mass is 451 g/mol. The molecule has 0 radical (unpaired) electrons. The van der Waals surface area contributed by atoms with Gasteiger partial charge in [0.15, 0.2) is 0 Å². The summed E-state index contributed by atoms with van der Waals surface area (Å²) in [6.07, 6.45) is 9.16. The lowest BCUT2D eigenvalue weighted by Gasteiger charge is -2.37. The third kappa shape index (κ3) is 5.00. The van der Waals surface area contributed by atoms with Gasteiger partial charge < -0.3 is 9.47 Å². The van der Waals surface area contributed by atoms with Crippen LogP contribution in [0, 0.1) is 0 Å². The molecule has 3 aromatic carbocycles. The highest BCUT2D eigenvalue weighted by atomic mass is 15.1. The summed E-state index contributed by atoms with van der Waals surface area (Å²) in [4.78, 5) is 7.45. The fourth-order valence-electron chi connectivity index (χ4n) is 5.15. The Morgan fingerprint density at radius 2 is 1.18 bits per heavy atom. The molecule has 4 aromatic rings. The van der Waals surface area contributed by atoms with E-state index in [9.17, 15) is 0 Å². The summed E-state index contributed by atoms with van der Waals surface area (Å²) >= 11 is 0. The van der Waals surface area contributed by atoms with Crippen molar-refractivity contribution in [2.24, 2.45) is 0 Å². The van der Waals surface area contributed by atoms with E-state index in [1.807, 2.05) is 20.2 Å². The standard InChI is InChI=1S/C29H31N3.C2H6/c1-4-13-25(14-5-1)29(26-15-6-2-7-16-26,27-17-8-3-9-18-27)32-23-28(30-24-32)19-12-22-31-20-10-11-21-31;1-2/h1-9,13-18,23-24H,10-12,19-22H2;1-2H3. The summed E-state index contributed by atoms with van der Waals surface area (Å²) in [5.41, 5.74) is 4.40. The molecule has 1 fully saturated rings. The second-order valence-electron chi connectivity index (χ2n) is 8.73. The van der Waals surface area contributed by atoms with E-state index in [1.165, 1.54) is 49.2 Å². The third-order valence-corrected chi connectivity index (χ3v) is 6.70. The van der Waals surface area contributed by atoms with E-state index < -0.39 is 5.54 Å². The maximum Gasteiger partial charge on any atom is 0.121 e. The average Bonchev–Trinajstić information content (AvgIpc) is 3.61. The molecule has 0 spiro atoms. The van der Waals surface area contributed by atoms with Crippen LogP contribution >= 0.6 is 0 Å². The molecule has 2 heterocycles. The molecule has 5 rings (SSSR count). The van der Waals surface area contributed by atoms with E-state index >= 15 is 0 Å². The Morgan fingerprint density at radius 3 is 1.65 bits per heavy atom. The highest BCUT2D eigenvalue weighted by molar-refractivity contribution is 5.50. The maximum atomic E-state index is 4.87. The first-order valence-corrected chi connectivity index (χ1v) is 12.8. The molecule has 0 aliphatic carbocycles. The Labute approximate surface area is 205 Å². The first kappa shape index (κ1) is 24.0. The lowest BCUT2D eigenvalue weighted by atomic mass is 9.77. The molecular formula is C31H37N3. The molecule has 1 saturated heterocycles. The zero-order valence-electron chi connectivity index (χ0n) is 20.6. The summed E-state index contributed by atoms with van der Waals surface area (Å²) in [7, 11) is 0. The van der Waals surface area contributed by atoms with Gasteiger partial charge in [-0.25, -0.2) is 4.98 Å². The molecule has 0 N–H and O–H groups in total. The maximum absolute atomic E-state index is 4.87. The topological polar surface area (TPSA) is 21.1 Å². The van der Waals surface area contributed by atoms with Gasteiger partial charge in [0.1, 0.15) is 5.54 Å². The van der Waals surface area contributed by atoms with Crippen molar-refractivity contribution in [3.8, 4) is 0 Å². The molecule has 3 nitrogen and oxygen atoms in total. The molecule has 0 saturated carbocycles. The van der Waals surface area contributed by atoms with Crippen molar-refractivity contribution in [2.75, 3.05) is 19.6 Å². The number of rotatable bonds is 8. The van der Waals surface area contributed by atoms with Gasteiger partial charge in [-0.1, -0.05) is 105 Å². The van der Waals surface area contributed by atoms with Crippen LogP contribution in [-0.2, 0) is 12.0 Å². The quantitative estimate of drug-likeness (QED) is 0.275. The van der Waals surface area contributed by atoms with Gasteiger partial charge in [0.05, 0.1) is 12.0 Å². The van der Waals surface area contributed by atoms with E-state index in [-0.39, 0.29) is 0 Å². The van der Waals surface area contributed by atoms with Crippen LogP contribution < -0.4 is 0 Å². The van der Waals surface area contributed by atoms with Crippen LogP contribution in [0.4, 0.5) is 0 Å². The zero-order chi connectivity index (χ0) is 23.6. The van der Waals surface area contributed by atoms with Crippen molar-refractivity contribution < 1.29 is 0 Å². The van der Waals surface area contributed by atoms with Crippen LogP contribution in [0.25, 0.3) is 0 Å². The van der Waals surface area contributed by atoms with Gasteiger partial charge in [0.25, 0.3) is 0 Å². The number of aryl methyl sites for hydroxylation is 1. The van der Waals surface area contributed by atoms with E-state index in [1.54, 1.807) is 0 Å². The van der Waals surface area contributed by atoms with Crippen molar-refractivity contribution >= 4 is 0 Å². The van der Waals surface area contributed by atoms with Crippen LogP contribution in [0.2, 0.25) is 0 Å². The Kier molecular flexibility index (Phi) is 8.32. The zero-order valence-corrected chi connectivity index (χ0v) is 20.6. The second-order valence-corrected chi connectivity index (χ2v) is 8.73. The van der Waals surface area contributed by atoms with Crippen molar-refractivity contribution in [3.63, 3.8) is 0 Å². The summed E-state index contributed by atoms with van der Waals surface area (Å²) in [5.74, 6) is 0. The number of aromatic nitrogens is 2. The molecule has 1 aliphatic rings. The van der Waals surface area contributed by atoms with E-state index in [0.29, 0.717) is 0 Å². The predicted octanol–water partition coefficient (Wildman–Crippen LogP) is 6.78. The molecule has 1 aliphatic heterocycles. The fourth-order valence-corrected chi connectivity index (χ4v) is 5.15. The van der Waals surface area contributed by atoms with Crippen molar-refractivity contribution in [3.05, 3.63) is 126 Å². The highest BCUT2D eigenvalue weighted by Crippen LogP contribution is 2.40. The van der Waals surface area contributed by atoms with Gasteiger partial charge in [-0.3, -0.25) is 0 Å². The van der Waals surface area contributed by atoms with Crippen LogP contribution in [0.3, 0.4) is 0 Å². The molecule has 0 amide bonds. The minimum absolute atomic E-state index is 0.468. The number of nitrogens with zero attached hydrogens (tertiary/aromatic N) is 3. The number of likely N-dealkylation sites (tertiary alicyclic amines) is 1. The van der Waals surface area contributed by atoms with E-state index in [4.69, 9.17) is 4.98 Å². The number of benzene rings is 3. The van der Waals surface area contributed by atoms with Gasteiger partial charge in [-0.05, 0) is 62.0 Å². The summed E-state index contributed by atoms with van der Waals surface area (Å²) in [6, 6.07) is 32.4. The predicted molar refractivity (Wildman–Crippen MR) is 142 cm³/mol. The van der Waals surface area contributed by atoms with Crippen LogP contribution in [-0.4, -0.2) is 34.1 Å². The van der Waals surface area contributed by atoms with E-state index in [2.05, 4.69) is 107 Å². The number of hydrogen-bond donors (Lipinski definition) is 0. The van der Waals surface area contributed by atoms with Gasteiger partial charge in [0.2, 0.25) is 0 Å². The van der Waals surface area contributed by atoms with Crippen molar-refractivity contribution in [1.29, 1.82) is 0 Å². The van der Waals surface area contributed by atoms with Crippen LogP contribution in [0.15, 0.2) is 104 Å². The molecule has 34 heavy (non-hydrogen) atoms. The Hall–Kier alpha value is -3.17. The van der Waals surface area contributed by atoms with E-state index in [0.717, 1.165) is 18.5 Å². The summed E-state index contributed by atoms with van der Waals surface area (Å²) in [6.45, 7) is 7.69. The smallest absolute Gasteiger partial charge is 0.121 e. The average molecular weight is 452 g/mol. The molecule has 0 atom stereocenters. The van der Waals surface area contributed by atoms with Crippen molar-refractivity contribution in [1.82, 2.24) is 14.5 Å². The normalized spacial score (nSPS) is 13.9. The Bertz CT molecular complexity index is 1000. The van der Waals surface area contributed by atoms with Crippen LogP contribution in [0.1, 0.15) is 55.5 Å². The Balaban J connectivity index is 0.00000133. The first-order chi connectivity index (χ1) is 16.9. The molecule has 0 bridgehead atoms. The molecule has 1 aromatic heterocycles. The molecule has 3 heteroatoms. The van der Waals surface area contributed by atoms with Crippen LogP contribution in [0.5, 0.6) is 0 Å². The van der Waals surface area contributed by atoms with Gasteiger partial charge in [0, 0.05) is 6.20 Å². The van der Waals surface area contributed by atoms with Gasteiger partial charge >= 0.3 is 0 Å². The number of hydrogen-bond acceptors (Lipinski definition) is 2. The largest absolute Gasteiger partial charge is 0.319 e. The summed E-state index contributed by atoms with van der Waals surface area (Å²) < 4.78 is 2.32. The highest BCUT2D eigenvalue weighted by Gasteiger charge is 2.38.